The van der Waals surface area contributed by atoms with Crippen LogP contribution in [0.15, 0.2) is 187 Å². The molecule has 7 heteroatoms. The first-order valence-corrected chi connectivity index (χ1v) is 26.9. The van der Waals surface area contributed by atoms with E-state index in [1.165, 1.54) is 43.8 Å². The second-order valence-corrected chi connectivity index (χ2v) is 23.9. The summed E-state index contributed by atoms with van der Waals surface area (Å²) in [6, 6.07) is 57.5. The van der Waals surface area contributed by atoms with Crippen molar-refractivity contribution < 1.29 is 0 Å². The zero-order chi connectivity index (χ0) is 53.8. The van der Waals surface area contributed by atoms with Gasteiger partial charge in [0.25, 0.3) is 0 Å². The van der Waals surface area contributed by atoms with Crippen molar-refractivity contribution in [3.8, 4) is 56.8 Å². The zero-order valence-corrected chi connectivity index (χ0v) is 46.2. The first-order chi connectivity index (χ1) is 36.9. The molecular weight excluding hydrogens is 939 g/mol. The van der Waals surface area contributed by atoms with E-state index in [2.05, 4.69) is 219 Å². The molecule has 0 spiro atoms. The van der Waals surface area contributed by atoms with E-state index in [4.69, 9.17) is 24.9 Å². The van der Waals surface area contributed by atoms with E-state index in [0.717, 1.165) is 72.6 Å². The van der Waals surface area contributed by atoms with E-state index in [1.807, 2.05) is 55.6 Å². The van der Waals surface area contributed by atoms with Gasteiger partial charge in [-0.25, -0.2) is 15.0 Å². The number of allylic oxidation sites excluding steroid dienone is 3. The molecule has 3 aliphatic heterocycles. The molecule has 0 saturated heterocycles. The molecule has 0 N–H and O–H groups in total. The van der Waals surface area contributed by atoms with Crippen molar-refractivity contribution in [1.82, 2.24) is 29.1 Å². The molecule has 14 rings (SSSR count). The third kappa shape index (κ3) is 7.97. The van der Waals surface area contributed by atoms with Crippen molar-refractivity contribution in [1.29, 1.82) is 0 Å². The number of nitrogens with zero attached hydrogens (tertiary/aromatic N) is 7. The standard InChI is InChI=1S/C70H65N7/c1-13-14-28-56(71-12)48-24-20-26-50-62(48)76-58-34-30-44(67(2,3)4)39-52(58)54-41-46(32-36-60(54)76)69(8,9)70(10,11)47-33-37-61-55(42-47)53-40-45(68(5,6)7)31-35-59(53)77(61)63-49(57-29-18-19-38-72-57)25-21-27-51(63)66-74-64(73-65(50)75-66)43-22-16-15-17-23-43/h13-42H,12H2,1-11H3/b14-13-,56-28-. The Labute approximate surface area is 452 Å². The van der Waals surface area contributed by atoms with Crippen molar-refractivity contribution in [2.45, 2.75) is 97.8 Å². The van der Waals surface area contributed by atoms with Gasteiger partial charge in [-0.3, -0.25) is 9.98 Å². The lowest BCUT2D eigenvalue weighted by Gasteiger charge is -2.43. The number of fused-ring (bicyclic) bond motifs is 3. The van der Waals surface area contributed by atoms with E-state index >= 15 is 0 Å². The smallest absolute Gasteiger partial charge is 0.166 e. The second kappa shape index (κ2) is 18.1. The van der Waals surface area contributed by atoms with E-state index in [9.17, 15) is 0 Å². The summed E-state index contributed by atoms with van der Waals surface area (Å²) in [7, 11) is 0. The van der Waals surface area contributed by atoms with Crippen molar-refractivity contribution in [2.24, 2.45) is 4.99 Å². The van der Waals surface area contributed by atoms with E-state index < -0.39 is 0 Å². The summed E-state index contributed by atoms with van der Waals surface area (Å²) < 4.78 is 4.85. The Kier molecular flexibility index (Phi) is 11.6. The first-order valence-electron chi connectivity index (χ1n) is 26.9. The first kappa shape index (κ1) is 49.3. The molecule has 4 aromatic heterocycles. The van der Waals surface area contributed by atoms with Gasteiger partial charge in [0.2, 0.25) is 0 Å². The Bertz CT molecular complexity index is 4250. The van der Waals surface area contributed by atoms with Crippen LogP contribution in [0.4, 0.5) is 0 Å². The molecular formula is C70H65N7. The van der Waals surface area contributed by atoms with Gasteiger partial charge in [-0.1, -0.05) is 166 Å². The number of para-hydroxylation sites is 2. The fourth-order valence-electron chi connectivity index (χ4n) is 11.6. The summed E-state index contributed by atoms with van der Waals surface area (Å²) in [5.74, 6) is 1.61. The highest BCUT2D eigenvalue weighted by molar-refractivity contribution is 6.12. The molecule has 0 atom stereocenters. The minimum atomic E-state index is -0.355. The van der Waals surface area contributed by atoms with Gasteiger partial charge in [0.15, 0.2) is 17.5 Å². The molecule has 0 fully saturated rings. The maximum absolute atomic E-state index is 5.70. The van der Waals surface area contributed by atoms with Crippen LogP contribution in [0, 0.1) is 0 Å². The van der Waals surface area contributed by atoms with Crippen molar-refractivity contribution in [3.63, 3.8) is 0 Å². The summed E-state index contributed by atoms with van der Waals surface area (Å²) in [6.07, 6.45) is 7.95. The SMILES string of the molecule is C=N/C(=C\C=C/C)c1cccc2c1-n1c3ccc(C(C)(C)C)cc3c3cc(ccc31)C(C)(C)C(C)(C)c1ccc3c(c1)c1cc(C(C)(C)C)ccc1n3-c1c(-c3ccccn3)cccc1-c1nc(-c3ccccc3)nc-2n1. The van der Waals surface area contributed by atoms with Gasteiger partial charge < -0.3 is 9.13 Å². The third-order valence-electron chi connectivity index (χ3n) is 16.8. The normalized spacial score (nSPS) is 14.5. The molecule has 77 heavy (non-hydrogen) atoms. The highest BCUT2D eigenvalue weighted by Gasteiger charge is 2.41. The largest absolute Gasteiger partial charge is 0.308 e. The van der Waals surface area contributed by atoms with Crippen LogP contribution in [0.2, 0.25) is 0 Å². The van der Waals surface area contributed by atoms with E-state index in [0.29, 0.717) is 17.5 Å². The lowest BCUT2D eigenvalue weighted by atomic mass is 9.61. The Morgan fingerprint density at radius 2 is 0.987 bits per heavy atom. The van der Waals surface area contributed by atoms with Crippen LogP contribution >= 0.6 is 0 Å². The Hall–Kier alpha value is -8.55. The number of hydrogen-bond acceptors (Lipinski definition) is 5. The number of pyridine rings is 1. The summed E-state index contributed by atoms with van der Waals surface area (Å²) >= 11 is 0. The zero-order valence-electron chi connectivity index (χ0n) is 46.2. The van der Waals surface area contributed by atoms with E-state index in [-0.39, 0.29) is 21.7 Å². The summed E-state index contributed by atoms with van der Waals surface area (Å²) in [5.41, 5.74) is 16.2. The average molecular weight is 1000 g/mol. The molecule has 7 nitrogen and oxygen atoms in total. The monoisotopic (exact) mass is 1000 g/mol. The maximum Gasteiger partial charge on any atom is 0.166 e. The number of aliphatic imine (C=N–C) groups is 1. The lowest BCUT2D eigenvalue weighted by molar-refractivity contribution is 0.303. The molecule has 3 aliphatic rings. The van der Waals surface area contributed by atoms with Gasteiger partial charge in [-0.2, -0.15) is 0 Å². The van der Waals surface area contributed by atoms with Crippen LogP contribution < -0.4 is 0 Å². The number of hydrogen-bond donors (Lipinski definition) is 0. The van der Waals surface area contributed by atoms with E-state index in [1.54, 1.807) is 0 Å². The van der Waals surface area contributed by atoms with Crippen LogP contribution in [0.25, 0.3) is 106 Å². The Balaban J connectivity index is 1.32. The molecule has 11 aromatic rings. The minimum absolute atomic E-state index is 0.0881. The summed E-state index contributed by atoms with van der Waals surface area (Å²) in [4.78, 5) is 26.5. The highest BCUT2D eigenvalue weighted by Crippen LogP contribution is 2.50. The van der Waals surface area contributed by atoms with Gasteiger partial charge >= 0.3 is 0 Å². The van der Waals surface area contributed by atoms with Crippen LogP contribution in [0.3, 0.4) is 0 Å². The minimum Gasteiger partial charge on any atom is -0.308 e. The van der Waals surface area contributed by atoms with Gasteiger partial charge in [-0.15, -0.1) is 0 Å². The maximum atomic E-state index is 5.70. The van der Waals surface area contributed by atoms with Crippen molar-refractivity contribution in [3.05, 3.63) is 210 Å². The fraction of sp³-hybridized carbons (Fsp3) is 0.214. The number of rotatable bonds is 5. The summed E-state index contributed by atoms with van der Waals surface area (Å²) in [6.45, 7) is 29.6. The topological polar surface area (TPSA) is 73.8 Å². The molecule has 0 radical (unpaired) electrons. The van der Waals surface area contributed by atoms with Crippen LogP contribution in [-0.4, -0.2) is 35.8 Å². The van der Waals surface area contributed by atoms with Crippen LogP contribution in [0.1, 0.15) is 104 Å². The predicted octanol–water partition coefficient (Wildman–Crippen LogP) is 17.9. The molecule has 0 aliphatic carbocycles. The molecule has 10 bridgehead atoms. The molecule has 7 aromatic carbocycles. The quantitative estimate of drug-likeness (QED) is 0.127. The lowest BCUT2D eigenvalue weighted by Crippen LogP contribution is -2.40. The predicted molar refractivity (Wildman–Crippen MR) is 324 cm³/mol. The Morgan fingerprint density at radius 3 is 1.51 bits per heavy atom. The molecule has 0 amide bonds. The number of aromatic nitrogens is 6. The highest BCUT2D eigenvalue weighted by atomic mass is 15.1. The molecule has 7 heterocycles. The fourth-order valence-corrected chi connectivity index (χ4v) is 11.6. The van der Waals surface area contributed by atoms with Crippen LogP contribution in [0.5, 0.6) is 0 Å². The second-order valence-electron chi connectivity index (χ2n) is 23.9. The summed E-state index contributed by atoms with van der Waals surface area (Å²) in [5, 5.41) is 4.70. The third-order valence-corrected chi connectivity index (χ3v) is 16.8. The van der Waals surface area contributed by atoms with Gasteiger partial charge in [0, 0.05) is 55.6 Å². The Morgan fingerprint density at radius 1 is 0.506 bits per heavy atom. The molecule has 0 saturated carbocycles. The number of benzene rings is 7. The van der Waals surface area contributed by atoms with Gasteiger partial charge in [0.1, 0.15) is 0 Å². The average Bonchev–Trinajstić information content (AvgIpc) is 4.00. The van der Waals surface area contributed by atoms with Crippen molar-refractivity contribution >= 4 is 56.0 Å². The van der Waals surface area contributed by atoms with Gasteiger partial charge in [-0.05, 0) is 136 Å². The molecule has 0 unspecified atom stereocenters. The van der Waals surface area contributed by atoms with Crippen molar-refractivity contribution in [2.75, 3.05) is 0 Å². The van der Waals surface area contributed by atoms with Crippen LogP contribution in [-0.2, 0) is 21.7 Å². The molecule has 380 valence electrons. The van der Waals surface area contributed by atoms with Gasteiger partial charge in [0.05, 0.1) is 44.8 Å².